The third-order valence-electron chi connectivity index (χ3n) is 6.90. The zero-order chi connectivity index (χ0) is 29.4. The van der Waals surface area contributed by atoms with Crippen LogP contribution in [0.1, 0.15) is 45.5 Å². The van der Waals surface area contributed by atoms with Crippen LogP contribution in [0.4, 0.5) is 18.9 Å². The Kier molecular flexibility index (Phi) is 7.48. The first-order valence-electron chi connectivity index (χ1n) is 12.6. The molecule has 0 radical (unpaired) electrons. The number of para-hydroxylation sites is 1. The summed E-state index contributed by atoms with van der Waals surface area (Å²) < 4.78 is 41.6. The SMILES string of the molecule is O=C(NC1(C(=O)N[C@@H]2CC(=O)c3ccccc3N(Cc3ccc(OC(F)(F)F)cc3)C2=O)CC1)c1ccc(Cl)cc1. The van der Waals surface area contributed by atoms with Crippen molar-refractivity contribution in [1.82, 2.24) is 10.6 Å². The van der Waals surface area contributed by atoms with E-state index >= 15 is 0 Å². The Bertz CT molecular complexity index is 1510. The highest BCUT2D eigenvalue weighted by Gasteiger charge is 2.52. The van der Waals surface area contributed by atoms with Crippen LogP contribution in [0.3, 0.4) is 0 Å². The van der Waals surface area contributed by atoms with Crippen LogP contribution in [0.5, 0.6) is 5.75 Å². The predicted octanol–water partition coefficient (Wildman–Crippen LogP) is 4.81. The van der Waals surface area contributed by atoms with Crippen LogP contribution in [0.2, 0.25) is 5.02 Å². The first-order chi connectivity index (χ1) is 19.4. The Morgan fingerprint density at radius 2 is 1.63 bits per heavy atom. The summed E-state index contributed by atoms with van der Waals surface area (Å²) in [5.74, 6) is -2.44. The van der Waals surface area contributed by atoms with E-state index in [2.05, 4.69) is 15.4 Å². The van der Waals surface area contributed by atoms with Crippen LogP contribution in [-0.2, 0) is 16.1 Å². The summed E-state index contributed by atoms with van der Waals surface area (Å²) in [5, 5.41) is 5.84. The van der Waals surface area contributed by atoms with E-state index in [4.69, 9.17) is 11.6 Å². The first-order valence-corrected chi connectivity index (χ1v) is 13.0. The molecule has 3 aromatic carbocycles. The number of nitrogens with one attached hydrogen (secondary N) is 2. The number of hydrogen-bond acceptors (Lipinski definition) is 5. The molecule has 1 atom stereocenters. The molecule has 1 aliphatic heterocycles. The van der Waals surface area contributed by atoms with Crippen LogP contribution in [0.15, 0.2) is 72.8 Å². The third kappa shape index (κ3) is 6.35. The number of nitrogens with zero attached hydrogens (tertiary/aromatic N) is 1. The molecule has 1 saturated carbocycles. The lowest BCUT2D eigenvalue weighted by Gasteiger charge is -2.27. The fourth-order valence-electron chi connectivity index (χ4n) is 4.61. The second-order valence-electron chi connectivity index (χ2n) is 9.83. The van der Waals surface area contributed by atoms with Crippen molar-refractivity contribution in [2.24, 2.45) is 0 Å². The normalized spacial score (nSPS) is 17.8. The van der Waals surface area contributed by atoms with Crippen molar-refractivity contribution in [3.8, 4) is 5.75 Å². The van der Waals surface area contributed by atoms with Crippen molar-refractivity contribution in [2.45, 2.75) is 43.8 Å². The Hall–Kier alpha value is -4.38. The van der Waals surface area contributed by atoms with Crippen LogP contribution >= 0.6 is 11.6 Å². The van der Waals surface area contributed by atoms with Gasteiger partial charge in [0.1, 0.15) is 17.3 Å². The van der Waals surface area contributed by atoms with Crippen LogP contribution < -0.4 is 20.3 Å². The molecule has 0 aromatic heterocycles. The smallest absolute Gasteiger partial charge is 0.406 e. The number of carbonyl (C=O) groups is 4. The van der Waals surface area contributed by atoms with E-state index in [0.717, 1.165) is 12.1 Å². The number of hydrogen-bond donors (Lipinski definition) is 2. The minimum absolute atomic E-state index is 0.0831. The number of benzene rings is 3. The van der Waals surface area contributed by atoms with Crippen LogP contribution in [0.25, 0.3) is 0 Å². The second-order valence-corrected chi connectivity index (χ2v) is 10.3. The van der Waals surface area contributed by atoms with Crippen molar-refractivity contribution < 1.29 is 37.1 Å². The number of rotatable bonds is 7. The number of amides is 3. The summed E-state index contributed by atoms with van der Waals surface area (Å²) in [6.45, 7) is -0.0831. The molecular formula is C29H23ClF3N3O5. The summed E-state index contributed by atoms with van der Waals surface area (Å²) in [6.07, 6.45) is -4.45. The van der Waals surface area contributed by atoms with E-state index in [1.165, 1.54) is 29.2 Å². The molecule has 0 spiro atoms. The van der Waals surface area contributed by atoms with E-state index in [1.54, 1.807) is 36.4 Å². The van der Waals surface area contributed by atoms with Gasteiger partial charge in [0.25, 0.3) is 5.91 Å². The Balaban J connectivity index is 1.35. The number of anilines is 1. The Labute approximate surface area is 237 Å². The molecule has 1 aliphatic carbocycles. The average molecular weight is 586 g/mol. The number of ketones is 1. The summed E-state index contributed by atoms with van der Waals surface area (Å²) in [6, 6.07) is 16.4. The number of carbonyl (C=O) groups excluding carboxylic acids is 4. The molecule has 212 valence electrons. The lowest BCUT2D eigenvalue weighted by atomic mass is 10.0. The maximum absolute atomic E-state index is 13.8. The number of alkyl halides is 3. The highest BCUT2D eigenvalue weighted by molar-refractivity contribution is 6.30. The Morgan fingerprint density at radius 3 is 2.27 bits per heavy atom. The number of ether oxygens (including phenoxy) is 1. The van der Waals surface area contributed by atoms with Gasteiger partial charge in [0.05, 0.1) is 12.2 Å². The second kappa shape index (κ2) is 10.9. The summed E-state index contributed by atoms with van der Waals surface area (Å²) >= 11 is 5.88. The van der Waals surface area contributed by atoms with Gasteiger partial charge in [0.2, 0.25) is 11.8 Å². The van der Waals surface area contributed by atoms with E-state index in [9.17, 15) is 32.3 Å². The minimum Gasteiger partial charge on any atom is -0.406 e. The molecule has 2 N–H and O–H groups in total. The molecule has 1 heterocycles. The largest absolute Gasteiger partial charge is 0.573 e. The molecule has 8 nitrogen and oxygen atoms in total. The summed E-state index contributed by atoms with van der Waals surface area (Å²) in [4.78, 5) is 54.3. The molecule has 1 fully saturated rings. The van der Waals surface area contributed by atoms with Gasteiger partial charge in [-0.2, -0.15) is 0 Å². The van der Waals surface area contributed by atoms with E-state index in [1.807, 2.05) is 0 Å². The zero-order valence-corrected chi connectivity index (χ0v) is 22.1. The van der Waals surface area contributed by atoms with Crippen molar-refractivity contribution in [3.05, 3.63) is 94.5 Å². The predicted molar refractivity (Wildman–Crippen MR) is 143 cm³/mol. The van der Waals surface area contributed by atoms with Crippen molar-refractivity contribution in [2.75, 3.05) is 4.90 Å². The number of fused-ring (bicyclic) bond motifs is 1. The molecule has 12 heteroatoms. The first kappa shape index (κ1) is 28.2. The minimum atomic E-state index is -4.85. The molecule has 0 bridgehead atoms. The molecule has 3 amide bonds. The molecule has 0 unspecified atom stereocenters. The summed E-state index contributed by atoms with van der Waals surface area (Å²) in [7, 11) is 0. The van der Waals surface area contributed by atoms with Gasteiger partial charge >= 0.3 is 6.36 Å². The number of halogens is 4. The third-order valence-corrected chi connectivity index (χ3v) is 7.15. The topological polar surface area (TPSA) is 105 Å². The molecule has 5 rings (SSSR count). The van der Waals surface area contributed by atoms with Crippen molar-refractivity contribution in [3.63, 3.8) is 0 Å². The van der Waals surface area contributed by atoms with E-state index < -0.39 is 41.4 Å². The molecule has 0 saturated heterocycles. The monoisotopic (exact) mass is 585 g/mol. The maximum Gasteiger partial charge on any atom is 0.573 e. The molecule has 3 aromatic rings. The number of Topliss-reactive ketones (excluding diaryl/α,β-unsaturated/α-hetero) is 1. The van der Waals surface area contributed by atoms with E-state index in [0.29, 0.717) is 34.7 Å². The maximum atomic E-state index is 13.8. The fraction of sp³-hybridized carbons (Fsp3) is 0.241. The van der Waals surface area contributed by atoms with Gasteiger partial charge in [-0.05, 0) is 66.9 Å². The quantitative estimate of drug-likeness (QED) is 0.414. The highest BCUT2D eigenvalue weighted by Crippen LogP contribution is 2.37. The fourth-order valence-corrected chi connectivity index (χ4v) is 4.74. The van der Waals surface area contributed by atoms with Crippen molar-refractivity contribution >= 4 is 40.8 Å². The lowest BCUT2D eigenvalue weighted by Crippen LogP contribution is -2.55. The van der Waals surface area contributed by atoms with Crippen molar-refractivity contribution in [1.29, 1.82) is 0 Å². The zero-order valence-electron chi connectivity index (χ0n) is 21.3. The van der Waals surface area contributed by atoms with Crippen LogP contribution in [-0.4, -0.2) is 41.4 Å². The van der Waals surface area contributed by atoms with Gasteiger partial charge in [-0.3, -0.25) is 19.2 Å². The average Bonchev–Trinajstić information content (AvgIpc) is 3.72. The van der Waals surface area contributed by atoms with Gasteiger partial charge < -0.3 is 20.3 Å². The van der Waals surface area contributed by atoms with Gasteiger partial charge in [0.15, 0.2) is 5.78 Å². The van der Waals surface area contributed by atoms with Gasteiger partial charge in [0, 0.05) is 22.6 Å². The van der Waals surface area contributed by atoms with Gasteiger partial charge in [-0.25, -0.2) is 0 Å². The van der Waals surface area contributed by atoms with Crippen LogP contribution in [0, 0.1) is 0 Å². The highest BCUT2D eigenvalue weighted by atomic mass is 35.5. The molecular weight excluding hydrogens is 563 g/mol. The summed E-state index contributed by atoms with van der Waals surface area (Å²) in [5.41, 5.74) is 0.135. The Morgan fingerprint density at radius 1 is 0.976 bits per heavy atom. The molecule has 2 aliphatic rings. The van der Waals surface area contributed by atoms with Gasteiger partial charge in [-0.15, -0.1) is 13.2 Å². The standard InChI is InChI=1S/C29H23ClF3N3O5/c30-19-9-7-18(8-10-19)25(38)35-28(13-14-28)27(40)34-22-15-24(37)21-3-1-2-4-23(21)36(26(22)39)16-17-5-11-20(12-6-17)41-29(31,32)33/h1-12,22H,13-16H2,(H,34,40)(H,35,38)/t22-/m1/s1. The van der Waals surface area contributed by atoms with E-state index in [-0.39, 0.29) is 24.3 Å². The molecule has 41 heavy (non-hydrogen) atoms. The van der Waals surface area contributed by atoms with Gasteiger partial charge in [-0.1, -0.05) is 35.9 Å². The lowest BCUT2D eigenvalue weighted by molar-refractivity contribution is -0.274.